The summed E-state index contributed by atoms with van der Waals surface area (Å²) in [4.78, 5) is 2.38. The lowest BCUT2D eigenvalue weighted by Crippen LogP contribution is -2.40. The van der Waals surface area contributed by atoms with E-state index in [9.17, 15) is 0 Å². The summed E-state index contributed by atoms with van der Waals surface area (Å²) in [5.41, 5.74) is 7.81. The number of piperidine rings is 1. The van der Waals surface area contributed by atoms with Gasteiger partial charge in [0, 0.05) is 30.6 Å². The van der Waals surface area contributed by atoms with Crippen LogP contribution in [0.1, 0.15) is 25.7 Å². The molecule has 0 spiro atoms. The fraction of sp³-hybridized carbons (Fsp3) is 0.538. The predicted octanol–water partition coefficient (Wildman–Crippen LogP) is 2.01. The maximum Gasteiger partial charge on any atom is 0.0450 e. The van der Waals surface area contributed by atoms with Crippen LogP contribution in [0.2, 0.25) is 0 Å². The van der Waals surface area contributed by atoms with E-state index in [-0.39, 0.29) is 6.61 Å². The van der Waals surface area contributed by atoms with Crippen LogP contribution in [0.5, 0.6) is 0 Å². The van der Waals surface area contributed by atoms with E-state index in [0.29, 0.717) is 6.04 Å². The van der Waals surface area contributed by atoms with E-state index >= 15 is 0 Å². The second-order valence-electron chi connectivity index (χ2n) is 4.45. The summed E-state index contributed by atoms with van der Waals surface area (Å²) >= 11 is 0. The molecule has 0 radical (unpaired) electrons. The van der Waals surface area contributed by atoms with Crippen molar-refractivity contribution in [3.63, 3.8) is 0 Å². The third-order valence-corrected chi connectivity index (χ3v) is 3.29. The number of nitrogens with two attached hydrogens (primary N) is 1. The fourth-order valence-corrected chi connectivity index (χ4v) is 2.49. The molecule has 3 heteroatoms. The van der Waals surface area contributed by atoms with Gasteiger partial charge in [0.15, 0.2) is 0 Å². The zero-order valence-electron chi connectivity index (χ0n) is 9.60. The van der Waals surface area contributed by atoms with Gasteiger partial charge in [0.25, 0.3) is 0 Å². The Balaban J connectivity index is 2.16. The molecule has 1 aliphatic rings. The molecule has 88 valence electrons. The molecular formula is C13H20N2O. The zero-order valence-corrected chi connectivity index (χ0v) is 9.60. The normalized spacial score (nSPS) is 21.1. The van der Waals surface area contributed by atoms with Crippen molar-refractivity contribution in [2.24, 2.45) is 0 Å². The van der Waals surface area contributed by atoms with Crippen LogP contribution in [0, 0.1) is 0 Å². The molecule has 3 N–H and O–H groups in total. The first-order valence-corrected chi connectivity index (χ1v) is 6.04. The van der Waals surface area contributed by atoms with Crippen molar-refractivity contribution in [1.29, 1.82) is 0 Å². The number of nitrogens with zero attached hydrogens (tertiary/aromatic N) is 1. The largest absolute Gasteiger partial charge is 0.399 e. The number of nitrogen functional groups attached to an aromatic ring is 1. The molecule has 3 nitrogen and oxygen atoms in total. The number of hydrogen-bond acceptors (Lipinski definition) is 3. The first-order valence-electron chi connectivity index (χ1n) is 6.04. The third-order valence-electron chi connectivity index (χ3n) is 3.29. The lowest BCUT2D eigenvalue weighted by atomic mass is 9.98. The molecule has 0 bridgehead atoms. The van der Waals surface area contributed by atoms with Crippen LogP contribution in [-0.2, 0) is 0 Å². The Kier molecular flexibility index (Phi) is 3.67. The molecule has 1 atom stereocenters. The Morgan fingerprint density at radius 1 is 1.38 bits per heavy atom. The lowest BCUT2D eigenvalue weighted by Gasteiger charge is -2.37. The highest BCUT2D eigenvalue weighted by atomic mass is 16.3. The summed E-state index contributed by atoms with van der Waals surface area (Å²) in [7, 11) is 0. The molecule has 0 amide bonds. The molecule has 1 aromatic rings. The maximum atomic E-state index is 9.09. The van der Waals surface area contributed by atoms with Crippen molar-refractivity contribution in [3.05, 3.63) is 24.3 Å². The molecule has 16 heavy (non-hydrogen) atoms. The highest BCUT2D eigenvalue weighted by Crippen LogP contribution is 2.27. The topological polar surface area (TPSA) is 49.5 Å². The fourth-order valence-electron chi connectivity index (χ4n) is 2.49. The summed E-state index contributed by atoms with van der Waals surface area (Å²) in [5, 5.41) is 9.09. The van der Waals surface area contributed by atoms with Crippen LogP contribution in [0.25, 0.3) is 0 Å². The minimum atomic E-state index is 0.267. The molecule has 1 unspecified atom stereocenters. The average molecular weight is 220 g/mol. The molecule has 1 saturated heterocycles. The van der Waals surface area contributed by atoms with Gasteiger partial charge in [-0.1, -0.05) is 6.07 Å². The lowest BCUT2D eigenvalue weighted by molar-refractivity contribution is 0.262. The molecule has 0 aliphatic carbocycles. The third kappa shape index (κ3) is 2.47. The molecule has 0 saturated carbocycles. The summed E-state index contributed by atoms with van der Waals surface area (Å²) < 4.78 is 0. The number of rotatable bonds is 3. The van der Waals surface area contributed by atoms with E-state index in [1.807, 2.05) is 18.2 Å². The van der Waals surface area contributed by atoms with Gasteiger partial charge in [-0.3, -0.25) is 0 Å². The second kappa shape index (κ2) is 5.21. The van der Waals surface area contributed by atoms with E-state index in [2.05, 4.69) is 11.0 Å². The van der Waals surface area contributed by atoms with Crippen LogP contribution in [0.4, 0.5) is 11.4 Å². The quantitative estimate of drug-likeness (QED) is 0.766. The molecule has 1 aromatic carbocycles. The average Bonchev–Trinajstić information content (AvgIpc) is 2.30. The van der Waals surface area contributed by atoms with Gasteiger partial charge in [0.1, 0.15) is 0 Å². The van der Waals surface area contributed by atoms with E-state index in [0.717, 1.165) is 18.7 Å². The molecule has 1 heterocycles. The number of benzene rings is 1. The van der Waals surface area contributed by atoms with Crippen LogP contribution in [0.15, 0.2) is 24.3 Å². The Bertz CT molecular complexity index is 338. The molecule has 2 rings (SSSR count). The van der Waals surface area contributed by atoms with E-state index in [1.165, 1.54) is 24.9 Å². The van der Waals surface area contributed by atoms with E-state index < -0.39 is 0 Å². The number of anilines is 2. The minimum absolute atomic E-state index is 0.267. The highest BCUT2D eigenvalue weighted by molar-refractivity contribution is 5.56. The SMILES string of the molecule is Nc1cccc(N2CCCCC2CCO)c1. The monoisotopic (exact) mass is 220 g/mol. The minimum Gasteiger partial charge on any atom is -0.399 e. The van der Waals surface area contributed by atoms with Crippen molar-refractivity contribution >= 4 is 11.4 Å². The smallest absolute Gasteiger partial charge is 0.0450 e. The summed E-state index contributed by atoms with van der Waals surface area (Å²) in [6.07, 6.45) is 4.53. The van der Waals surface area contributed by atoms with Crippen molar-refractivity contribution in [2.45, 2.75) is 31.7 Å². The van der Waals surface area contributed by atoms with Gasteiger partial charge < -0.3 is 15.7 Å². The zero-order chi connectivity index (χ0) is 11.4. The van der Waals surface area contributed by atoms with Crippen LogP contribution < -0.4 is 10.6 Å². The molecular weight excluding hydrogens is 200 g/mol. The van der Waals surface area contributed by atoms with Crippen molar-refractivity contribution in [2.75, 3.05) is 23.8 Å². The van der Waals surface area contributed by atoms with Crippen molar-refractivity contribution in [3.8, 4) is 0 Å². The Morgan fingerprint density at radius 3 is 3.00 bits per heavy atom. The van der Waals surface area contributed by atoms with Crippen molar-refractivity contribution in [1.82, 2.24) is 0 Å². The first kappa shape index (κ1) is 11.3. The van der Waals surface area contributed by atoms with E-state index in [4.69, 9.17) is 10.8 Å². The summed E-state index contributed by atoms with van der Waals surface area (Å²) in [6, 6.07) is 8.51. The van der Waals surface area contributed by atoms with Gasteiger partial charge in [-0.05, 0) is 43.9 Å². The Morgan fingerprint density at radius 2 is 2.25 bits per heavy atom. The predicted molar refractivity (Wildman–Crippen MR) is 67.5 cm³/mol. The van der Waals surface area contributed by atoms with Gasteiger partial charge in [-0.15, -0.1) is 0 Å². The van der Waals surface area contributed by atoms with Crippen molar-refractivity contribution < 1.29 is 5.11 Å². The van der Waals surface area contributed by atoms with Crippen LogP contribution in [0.3, 0.4) is 0 Å². The van der Waals surface area contributed by atoms with Gasteiger partial charge in [-0.2, -0.15) is 0 Å². The first-order chi connectivity index (χ1) is 7.81. The van der Waals surface area contributed by atoms with Gasteiger partial charge >= 0.3 is 0 Å². The highest BCUT2D eigenvalue weighted by Gasteiger charge is 2.21. The summed E-state index contributed by atoms with van der Waals surface area (Å²) in [6.45, 7) is 1.34. The Labute approximate surface area is 96.9 Å². The Hall–Kier alpha value is -1.22. The van der Waals surface area contributed by atoms with Gasteiger partial charge in [-0.25, -0.2) is 0 Å². The van der Waals surface area contributed by atoms with Gasteiger partial charge in [0.05, 0.1) is 0 Å². The molecule has 1 fully saturated rings. The van der Waals surface area contributed by atoms with E-state index in [1.54, 1.807) is 0 Å². The second-order valence-corrected chi connectivity index (χ2v) is 4.45. The number of aliphatic hydroxyl groups is 1. The van der Waals surface area contributed by atoms with Crippen LogP contribution in [-0.4, -0.2) is 24.3 Å². The summed E-state index contributed by atoms with van der Waals surface area (Å²) in [5.74, 6) is 0. The molecule has 1 aliphatic heterocycles. The van der Waals surface area contributed by atoms with Crippen LogP contribution >= 0.6 is 0 Å². The number of aliphatic hydroxyl groups excluding tert-OH is 1. The molecule has 0 aromatic heterocycles. The maximum absolute atomic E-state index is 9.09. The number of hydrogen-bond donors (Lipinski definition) is 2. The standard InChI is InChI=1S/C13H20N2O/c14-11-4-3-6-13(10-11)15-8-2-1-5-12(15)7-9-16/h3-4,6,10,12,16H,1-2,5,7-9,14H2. The van der Waals surface area contributed by atoms with Gasteiger partial charge in [0.2, 0.25) is 0 Å².